The standard InChI is InChI=1S/C20H24N4O2S/c1-13-17(14(2)22-20(21-13)27-3)9-10-18(25)23-15-6-4-7-16(12-15)24-11-5-8-19(24)26/h4,6-7,12H,5,8-11H2,1-3H3,(H,23,25). The first-order chi connectivity index (χ1) is 13.0. The molecule has 142 valence electrons. The zero-order valence-corrected chi connectivity index (χ0v) is 16.7. The van der Waals surface area contributed by atoms with E-state index in [-0.39, 0.29) is 11.8 Å². The largest absolute Gasteiger partial charge is 0.326 e. The van der Waals surface area contributed by atoms with Crippen molar-refractivity contribution in [2.24, 2.45) is 0 Å². The Balaban J connectivity index is 1.62. The van der Waals surface area contributed by atoms with E-state index in [4.69, 9.17) is 0 Å². The molecule has 1 aromatic heterocycles. The van der Waals surface area contributed by atoms with Crippen molar-refractivity contribution in [3.05, 3.63) is 41.2 Å². The molecule has 1 aromatic carbocycles. The molecule has 1 aliphatic heterocycles. The van der Waals surface area contributed by atoms with E-state index in [1.165, 1.54) is 11.8 Å². The normalized spacial score (nSPS) is 13.9. The van der Waals surface area contributed by atoms with Crippen LogP contribution in [0.1, 0.15) is 36.2 Å². The van der Waals surface area contributed by atoms with E-state index in [9.17, 15) is 9.59 Å². The van der Waals surface area contributed by atoms with E-state index in [0.717, 1.165) is 40.8 Å². The smallest absolute Gasteiger partial charge is 0.227 e. The zero-order valence-electron chi connectivity index (χ0n) is 15.9. The molecule has 1 saturated heterocycles. The number of anilines is 2. The number of amides is 2. The first-order valence-electron chi connectivity index (χ1n) is 9.06. The van der Waals surface area contributed by atoms with Crippen LogP contribution < -0.4 is 10.2 Å². The third-order valence-corrected chi connectivity index (χ3v) is 5.25. The van der Waals surface area contributed by atoms with E-state index in [0.29, 0.717) is 24.9 Å². The molecular weight excluding hydrogens is 360 g/mol. The third kappa shape index (κ3) is 4.66. The Morgan fingerprint density at radius 3 is 2.63 bits per heavy atom. The Morgan fingerprint density at radius 2 is 2.00 bits per heavy atom. The van der Waals surface area contributed by atoms with Gasteiger partial charge in [0.05, 0.1) is 0 Å². The van der Waals surface area contributed by atoms with Crippen molar-refractivity contribution in [3.63, 3.8) is 0 Å². The van der Waals surface area contributed by atoms with Crippen molar-refractivity contribution < 1.29 is 9.59 Å². The summed E-state index contributed by atoms with van der Waals surface area (Å²) in [5.41, 5.74) is 4.42. The van der Waals surface area contributed by atoms with Crippen LogP contribution in [0.4, 0.5) is 11.4 Å². The van der Waals surface area contributed by atoms with Gasteiger partial charge in [-0.25, -0.2) is 9.97 Å². The predicted octanol–water partition coefficient (Wildman–Crippen LogP) is 3.51. The number of nitrogens with zero attached hydrogens (tertiary/aromatic N) is 3. The van der Waals surface area contributed by atoms with Crippen LogP contribution in [-0.4, -0.2) is 34.6 Å². The van der Waals surface area contributed by atoms with Gasteiger partial charge in [-0.15, -0.1) is 0 Å². The van der Waals surface area contributed by atoms with E-state index in [1.807, 2.05) is 44.4 Å². The van der Waals surface area contributed by atoms with Gasteiger partial charge in [-0.1, -0.05) is 17.8 Å². The van der Waals surface area contributed by atoms with Crippen molar-refractivity contribution in [1.29, 1.82) is 0 Å². The van der Waals surface area contributed by atoms with Gasteiger partial charge in [-0.05, 0) is 56.7 Å². The van der Waals surface area contributed by atoms with Crippen molar-refractivity contribution >= 4 is 35.0 Å². The highest BCUT2D eigenvalue weighted by Crippen LogP contribution is 2.24. The summed E-state index contributed by atoms with van der Waals surface area (Å²) >= 11 is 1.51. The highest BCUT2D eigenvalue weighted by atomic mass is 32.2. The maximum absolute atomic E-state index is 12.4. The number of hydrogen-bond acceptors (Lipinski definition) is 5. The fraction of sp³-hybridized carbons (Fsp3) is 0.400. The van der Waals surface area contributed by atoms with Gasteiger partial charge >= 0.3 is 0 Å². The maximum atomic E-state index is 12.4. The van der Waals surface area contributed by atoms with Gasteiger partial charge in [0.2, 0.25) is 11.8 Å². The second kappa shape index (κ2) is 8.52. The maximum Gasteiger partial charge on any atom is 0.227 e. The molecule has 0 bridgehead atoms. The van der Waals surface area contributed by atoms with Crippen LogP contribution in [0.15, 0.2) is 29.4 Å². The lowest BCUT2D eigenvalue weighted by Gasteiger charge is -2.17. The van der Waals surface area contributed by atoms with Crippen LogP contribution in [0.5, 0.6) is 0 Å². The number of thioether (sulfide) groups is 1. The summed E-state index contributed by atoms with van der Waals surface area (Å²) in [7, 11) is 0. The number of aromatic nitrogens is 2. The Morgan fingerprint density at radius 1 is 1.26 bits per heavy atom. The summed E-state index contributed by atoms with van der Waals surface area (Å²) in [5, 5.41) is 3.69. The molecule has 0 atom stereocenters. The van der Waals surface area contributed by atoms with Crippen LogP contribution in [0.3, 0.4) is 0 Å². The van der Waals surface area contributed by atoms with E-state index < -0.39 is 0 Å². The fourth-order valence-corrected chi connectivity index (χ4v) is 3.75. The van der Waals surface area contributed by atoms with Crippen LogP contribution >= 0.6 is 11.8 Å². The summed E-state index contributed by atoms with van der Waals surface area (Å²) in [6.45, 7) is 4.65. The quantitative estimate of drug-likeness (QED) is 0.609. The molecule has 2 heterocycles. The molecule has 2 amide bonds. The Kier molecular flexibility index (Phi) is 6.11. The fourth-order valence-electron chi connectivity index (χ4n) is 3.30. The molecule has 7 heteroatoms. The summed E-state index contributed by atoms with van der Waals surface area (Å²) in [6, 6.07) is 7.46. The average Bonchev–Trinajstić information content (AvgIpc) is 3.07. The molecular formula is C20H24N4O2S. The van der Waals surface area contributed by atoms with Crippen LogP contribution in [0.25, 0.3) is 0 Å². The number of hydrogen-bond donors (Lipinski definition) is 1. The first kappa shape index (κ1) is 19.4. The monoisotopic (exact) mass is 384 g/mol. The van der Waals surface area contributed by atoms with E-state index in [2.05, 4.69) is 15.3 Å². The molecule has 0 radical (unpaired) electrons. The predicted molar refractivity (Wildman–Crippen MR) is 108 cm³/mol. The molecule has 1 fully saturated rings. The summed E-state index contributed by atoms with van der Waals surface area (Å²) < 4.78 is 0. The minimum absolute atomic E-state index is 0.0624. The van der Waals surface area contributed by atoms with Gasteiger partial charge in [-0.3, -0.25) is 9.59 Å². The minimum atomic E-state index is -0.0624. The van der Waals surface area contributed by atoms with Crippen molar-refractivity contribution in [3.8, 4) is 0 Å². The molecule has 0 unspecified atom stereocenters. The molecule has 0 saturated carbocycles. The Hall–Kier alpha value is -2.41. The van der Waals surface area contributed by atoms with Gasteiger partial charge in [0.25, 0.3) is 0 Å². The topological polar surface area (TPSA) is 75.2 Å². The molecule has 3 rings (SSSR count). The van der Waals surface area contributed by atoms with Crippen molar-refractivity contribution in [2.45, 2.75) is 44.7 Å². The average molecular weight is 385 g/mol. The van der Waals surface area contributed by atoms with Crippen LogP contribution in [-0.2, 0) is 16.0 Å². The number of benzene rings is 1. The zero-order chi connectivity index (χ0) is 19.4. The Labute approximate surface area is 163 Å². The number of carbonyl (C=O) groups is 2. The highest BCUT2D eigenvalue weighted by Gasteiger charge is 2.21. The van der Waals surface area contributed by atoms with Gasteiger partial charge in [0.15, 0.2) is 5.16 Å². The van der Waals surface area contributed by atoms with Crippen LogP contribution in [0.2, 0.25) is 0 Å². The number of carbonyl (C=O) groups excluding carboxylic acids is 2. The summed E-state index contributed by atoms with van der Waals surface area (Å²) in [6.07, 6.45) is 4.38. The molecule has 1 N–H and O–H groups in total. The molecule has 1 aliphatic rings. The molecule has 6 nitrogen and oxygen atoms in total. The Bertz CT molecular complexity index is 846. The van der Waals surface area contributed by atoms with Gasteiger partial charge in [0.1, 0.15) is 0 Å². The lowest BCUT2D eigenvalue weighted by Crippen LogP contribution is -2.23. The molecule has 27 heavy (non-hydrogen) atoms. The molecule has 0 aliphatic carbocycles. The molecule has 0 spiro atoms. The highest BCUT2D eigenvalue weighted by molar-refractivity contribution is 7.98. The van der Waals surface area contributed by atoms with Crippen LogP contribution in [0, 0.1) is 13.8 Å². The van der Waals surface area contributed by atoms with Gasteiger partial charge in [0, 0.05) is 42.1 Å². The van der Waals surface area contributed by atoms with Crippen molar-refractivity contribution in [1.82, 2.24) is 9.97 Å². The number of rotatable bonds is 6. The van der Waals surface area contributed by atoms with Crippen molar-refractivity contribution in [2.75, 3.05) is 23.0 Å². The number of nitrogens with one attached hydrogen (secondary N) is 1. The SMILES string of the molecule is CSc1nc(C)c(CCC(=O)Nc2cccc(N3CCCC3=O)c2)c(C)n1. The summed E-state index contributed by atoms with van der Waals surface area (Å²) in [5.74, 6) is 0.0748. The second-order valence-electron chi connectivity index (χ2n) is 6.61. The lowest BCUT2D eigenvalue weighted by atomic mass is 10.1. The lowest BCUT2D eigenvalue weighted by molar-refractivity contribution is -0.117. The van der Waals surface area contributed by atoms with E-state index >= 15 is 0 Å². The molecule has 2 aromatic rings. The first-order valence-corrected chi connectivity index (χ1v) is 10.3. The van der Waals surface area contributed by atoms with Gasteiger partial charge in [-0.2, -0.15) is 0 Å². The third-order valence-electron chi connectivity index (χ3n) is 4.70. The second-order valence-corrected chi connectivity index (χ2v) is 7.38. The number of aryl methyl sites for hydroxylation is 2. The minimum Gasteiger partial charge on any atom is -0.326 e. The van der Waals surface area contributed by atoms with Gasteiger partial charge < -0.3 is 10.2 Å². The van der Waals surface area contributed by atoms with E-state index in [1.54, 1.807) is 4.90 Å². The summed E-state index contributed by atoms with van der Waals surface area (Å²) in [4.78, 5) is 35.0.